The average molecular weight is 1230 g/mol. The molecule has 0 heterocycles. The predicted octanol–water partition coefficient (Wildman–Crippen LogP) is 18.0. The van der Waals surface area contributed by atoms with Crippen LogP contribution in [0.15, 0.2) is 44.4 Å². The summed E-state index contributed by atoms with van der Waals surface area (Å²) in [6.45, 7) is 19.0. The number of benzene rings is 2. The van der Waals surface area contributed by atoms with Gasteiger partial charge in [-0.15, -0.1) is 0 Å². The van der Waals surface area contributed by atoms with E-state index in [1.807, 2.05) is 0 Å². The second-order valence-electron chi connectivity index (χ2n) is 19.4. The normalized spacial score (nSPS) is 35.4. The van der Waals surface area contributed by atoms with Crippen molar-refractivity contribution < 1.29 is 38.4 Å². The zero-order chi connectivity index (χ0) is 42.0. The standard InChI is InChI=1S/C22H36Br2F2Si.C22H20Br2F2Si.2CH3.2ClH.Zr/c2*1-11-5-15-17(7-13(25)9-19(15)23)21(11)27(3,4)22-12(2)6-16-18(22)8-14(26)10-20(16)24;;;;;/h11-22H,5-10H2,1-4H3;5-10,21-22H,1-4H3;2*1H3;2*1H;/q;;2*-1;;;+4/p-2. The third-order valence-electron chi connectivity index (χ3n) is 15.2. The monoisotopic (exact) mass is 1220 g/mol. The predicted molar refractivity (Wildman–Crippen MR) is 263 cm³/mol. The molecule has 8 rings (SSSR count). The first-order valence-electron chi connectivity index (χ1n) is 20.5. The number of halogens is 10. The molecule has 328 valence electrons. The minimum absolute atomic E-state index is 0. The van der Waals surface area contributed by atoms with E-state index in [1.54, 1.807) is 12.1 Å². The molecule has 0 radical (unpaired) electrons. The molecule has 0 N–H and O–H groups in total. The SMILES string of the molecule is CC1=Cc2c(Br)cc(F)cc2C1[Si](C)(C)C1C(C)=Cc2c(Br)cc(F)cc21.CC1CC2C(Br)CC(F)CC2C1[Si](C)(C)C1C(C)CC2C(Br)CC(F)CC21.[CH3-].[CH3-].[Cl][Zr+2][Cl]. The van der Waals surface area contributed by atoms with Crippen LogP contribution in [-0.4, -0.2) is 38.1 Å². The van der Waals surface area contributed by atoms with E-state index in [9.17, 15) is 17.6 Å². The molecular formula is C46H62Br4Cl2F4Si2Zr. The summed E-state index contributed by atoms with van der Waals surface area (Å²) in [5.74, 6) is 3.36. The second-order valence-corrected chi connectivity index (χ2v) is 37.0. The summed E-state index contributed by atoms with van der Waals surface area (Å²) < 4.78 is 59.0. The van der Waals surface area contributed by atoms with Crippen LogP contribution >= 0.6 is 80.7 Å². The van der Waals surface area contributed by atoms with Gasteiger partial charge in [0, 0.05) is 29.7 Å². The molecule has 59 heavy (non-hydrogen) atoms. The number of hydrogen-bond donors (Lipinski definition) is 0. The molecule has 0 aromatic heterocycles. The fraction of sp³-hybridized carbons (Fsp3) is 0.609. The Balaban J connectivity index is 0.000000237. The molecule has 4 saturated carbocycles. The number of allylic oxidation sites excluding steroid dienone is 2. The van der Waals surface area contributed by atoms with E-state index in [4.69, 9.17) is 17.0 Å². The Morgan fingerprint density at radius 3 is 1.27 bits per heavy atom. The summed E-state index contributed by atoms with van der Waals surface area (Å²) in [7, 11) is 6.13. The molecule has 13 heteroatoms. The van der Waals surface area contributed by atoms with Gasteiger partial charge in [0.05, 0.1) is 16.1 Å². The van der Waals surface area contributed by atoms with Gasteiger partial charge < -0.3 is 14.9 Å². The Labute approximate surface area is 408 Å². The van der Waals surface area contributed by atoms with Crippen LogP contribution in [0.5, 0.6) is 0 Å². The van der Waals surface area contributed by atoms with Crippen molar-refractivity contribution in [2.75, 3.05) is 0 Å². The van der Waals surface area contributed by atoms with Crippen molar-refractivity contribution in [1.29, 1.82) is 0 Å². The molecule has 4 fully saturated rings. The van der Waals surface area contributed by atoms with E-state index in [2.05, 4.69) is 130 Å². The van der Waals surface area contributed by atoms with Gasteiger partial charge in [0.15, 0.2) is 0 Å². The van der Waals surface area contributed by atoms with E-state index in [0.29, 0.717) is 69.1 Å². The first-order chi connectivity index (χ1) is 26.6. The molecule has 0 spiro atoms. The molecule has 0 nitrogen and oxygen atoms in total. The van der Waals surface area contributed by atoms with E-state index in [1.165, 1.54) is 36.1 Å². The van der Waals surface area contributed by atoms with Gasteiger partial charge in [-0.1, -0.05) is 127 Å². The van der Waals surface area contributed by atoms with Crippen molar-refractivity contribution in [3.05, 3.63) is 93.1 Å². The molecule has 14 unspecified atom stereocenters. The van der Waals surface area contributed by atoms with Crippen LogP contribution in [-0.2, 0) is 20.8 Å². The van der Waals surface area contributed by atoms with Gasteiger partial charge in [-0.3, -0.25) is 0 Å². The minimum atomic E-state index is -2.07. The molecule has 0 aliphatic heterocycles. The molecule has 2 aromatic carbocycles. The molecule has 6 aliphatic rings. The quantitative estimate of drug-likeness (QED) is 0.124. The third-order valence-corrected chi connectivity index (χ3v) is 28.6. The van der Waals surface area contributed by atoms with E-state index < -0.39 is 49.3 Å². The van der Waals surface area contributed by atoms with Gasteiger partial charge in [-0.25, -0.2) is 17.6 Å². The van der Waals surface area contributed by atoms with Crippen LogP contribution in [0.4, 0.5) is 17.6 Å². The Bertz CT molecular complexity index is 1750. The van der Waals surface area contributed by atoms with Crippen LogP contribution in [0.25, 0.3) is 12.2 Å². The summed E-state index contributed by atoms with van der Waals surface area (Å²) >= 11 is 13.9. The Hall–Kier alpha value is 1.46. The molecule has 0 saturated heterocycles. The van der Waals surface area contributed by atoms with Crippen molar-refractivity contribution in [1.82, 2.24) is 0 Å². The van der Waals surface area contributed by atoms with Gasteiger partial charge in [0.25, 0.3) is 0 Å². The van der Waals surface area contributed by atoms with Gasteiger partial charge in [-0.2, -0.15) is 0 Å². The molecule has 6 aliphatic carbocycles. The number of fused-ring (bicyclic) bond motifs is 4. The summed E-state index contributed by atoms with van der Waals surface area (Å²) in [4.78, 5) is 0.711. The summed E-state index contributed by atoms with van der Waals surface area (Å²) in [5, 5.41) is 0. The summed E-state index contributed by atoms with van der Waals surface area (Å²) in [6.07, 6.45) is 8.54. The first kappa shape index (κ1) is 53.1. The number of hydrogen-bond acceptors (Lipinski definition) is 0. The number of alkyl halides is 4. The van der Waals surface area contributed by atoms with Crippen molar-refractivity contribution >= 4 is 109 Å². The zero-order valence-electron chi connectivity index (χ0n) is 36.1. The second kappa shape index (κ2) is 21.0. The first-order valence-corrected chi connectivity index (χ1v) is 36.6. The average Bonchev–Trinajstić information content (AvgIpc) is 3.81. The van der Waals surface area contributed by atoms with Gasteiger partial charge in [0.1, 0.15) is 24.0 Å². The molecule has 0 amide bonds. The van der Waals surface area contributed by atoms with E-state index in [0.717, 1.165) is 44.0 Å². The molecule has 14 atom stereocenters. The molecule has 0 bridgehead atoms. The van der Waals surface area contributed by atoms with Crippen molar-refractivity contribution in [2.45, 2.75) is 137 Å². The van der Waals surface area contributed by atoms with Crippen molar-refractivity contribution in [2.24, 2.45) is 35.5 Å². The maximum absolute atomic E-state index is 14.5. The molecule has 2 aromatic rings. The zero-order valence-corrected chi connectivity index (χ0v) is 48.4. The van der Waals surface area contributed by atoms with Gasteiger partial charge in [0.2, 0.25) is 0 Å². The number of rotatable bonds is 4. The molecular weight excluding hydrogens is 1170 g/mol. The maximum atomic E-state index is 14.5. The fourth-order valence-corrected chi connectivity index (χ4v) is 28.7. The van der Waals surface area contributed by atoms with Crippen LogP contribution in [0.3, 0.4) is 0 Å². The van der Waals surface area contributed by atoms with Crippen LogP contribution in [0, 0.1) is 62.0 Å². The van der Waals surface area contributed by atoms with E-state index >= 15 is 0 Å². The van der Waals surface area contributed by atoms with Crippen LogP contribution in [0.2, 0.25) is 37.3 Å². The Morgan fingerprint density at radius 2 is 0.932 bits per heavy atom. The fourth-order valence-electron chi connectivity index (χ4n) is 14.0. The summed E-state index contributed by atoms with van der Waals surface area (Å²) in [6, 6.07) is 6.43. The third kappa shape index (κ3) is 10.4. The van der Waals surface area contributed by atoms with Crippen molar-refractivity contribution in [3.8, 4) is 0 Å². The van der Waals surface area contributed by atoms with Gasteiger partial charge in [-0.05, 0) is 145 Å². The Morgan fingerprint density at radius 1 is 0.593 bits per heavy atom. The Kier molecular flexibility index (Phi) is 18.9. The van der Waals surface area contributed by atoms with Crippen molar-refractivity contribution in [3.63, 3.8) is 0 Å². The van der Waals surface area contributed by atoms with Crippen LogP contribution < -0.4 is 0 Å². The topological polar surface area (TPSA) is 0 Å². The van der Waals surface area contributed by atoms with Crippen LogP contribution in [0.1, 0.15) is 99.6 Å². The van der Waals surface area contributed by atoms with E-state index in [-0.39, 0.29) is 37.6 Å². The van der Waals surface area contributed by atoms with Gasteiger partial charge >= 0.3 is 37.9 Å². The summed E-state index contributed by atoms with van der Waals surface area (Å²) in [5.41, 5.74) is 8.61.